The number of esters is 9. The molecule has 3 heterocycles. The molecule has 51 nitrogen and oxygen atoms in total. The second kappa shape index (κ2) is 71.2. The molecule has 0 aromatic heterocycles. The van der Waals surface area contributed by atoms with Crippen LogP contribution in [0.15, 0.2) is 6.07 Å². The highest BCUT2D eigenvalue weighted by Crippen LogP contribution is 2.34. The van der Waals surface area contributed by atoms with Crippen molar-refractivity contribution in [1.29, 1.82) is 0 Å². The summed E-state index contributed by atoms with van der Waals surface area (Å²) in [5.41, 5.74) is -1.51. The first-order valence-electron chi connectivity index (χ1n) is 49.2. The second-order valence-corrected chi connectivity index (χ2v) is 34.8. The number of carboxylic acid groups (broad SMARTS) is 1. The maximum Gasteiger partial charge on any atom is 0.337 e. The fraction of sp³-hybridized carbons (Fsp3) is 0.716. The number of unbranched alkanes of at least 4 members (excludes halogenated alkanes) is 6. The average Bonchev–Trinajstić information content (AvgIpc) is 0.790. The maximum atomic E-state index is 14.5. The van der Waals surface area contributed by atoms with Crippen LogP contribution in [0.3, 0.4) is 0 Å². The van der Waals surface area contributed by atoms with E-state index >= 15 is 0 Å². The quantitative estimate of drug-likeness (QED) is 0.0137. The lowest BCUT2D eigenvalue weighted by molar-refractivity contribution is -0.277. The number of amides is 11. The van der Waals surface area contributed by atoms with E-state index in [1.807, 2.05) is 0 Å². The van der Waals surface area contributed by atoms with Gasteiger partial charge in [0.05, 0.1) is 38.6 Å². The molecular formula is C95H143F4N11O40. The zero-order valence-electron chi connectivity index (χ0n) is 86.3. The van der Waals surface area contributed by atoms with Crippen molar-refractivity contribution in [1.82, 2.24) is 58.1 Å². The molecule has 3 aliphatic heterocycles. The van der Waals surface area contributed by atoms with Gasteiger partial charge in [-0.2, -0.15) is 0 Å². The lowest BCUT2D eigenvalue weighted by Gasteiger charge is -2.44. The van der Waals surface area contributed by atoms with Crippen molar-refractivity contribution in [3.63, 3.8) is 0 Å². The van der Waals surface area contributed by atoms with Gasteiger partial charge in [-0.25, -0.2) is 22.4 Å². The predicted octanol–water partition coefficient (Wildman–Crippen LogP) is 0.249. The molecule has 0 aliphatic carbocycles. The van der Waals surface area contributed by atoms with Gasteiger partial charge < -0.3 is 148 Å². The molecular weight excluding hydrogens is 2010 g/mol. The Morgan fingerprint density at radius 1 is 0.340 bits per heavy atom. The standard InChI is InChI=1S/C95H143F4N11O40/c1-53(111)106-81-88(145-62(10)120)84(142-59(7)117)68(50-139-56(4)114)148-93(81)136-41-22-16-27-71(123)100-33-19-13-25-74(126)103-36-39-110(40-37-104-75(127)26-14-20-34-101-72(124)28-17-23-42-137-94-82(107-54(2)112)89(146-63(11)121)85(143-60(8)118)69(149-94)51-140-57(5)115)77(129)32-31-67(91(130)105-38-44-133-45-46-134-47-48-135-87(92(131)132)78-79(98)65(96)49-66(97)80(78)99)109-76(128)30-15-21-35-102-73(125)29-18-24-43-138-95-83(108-55(3)113)90(147-64(12)122)86(144-61(9)119)70(150-95)52-141-58(6)116/h49,67-70,81-90,93-95H,13-48,50-52H2,1-12H3,(H,100,123)(H,101,124)(H,102,125)(H,103,126)(H,104,127)(H,105,130)(H,106,111)(H,107,112)(H,108,113)(H,109,128)(H,131,132)/t67-,68?,69?,70?,81?,82?,83?,84?,85?,86?,87?,88?,89?,90?,93?,94?,95?/m0/s1. The molecule has 846 valence electrons. The van der Waals surface area contributed by atoms with Crippen LogP contribution in [-0.2, 0) is 186 Å². The molecule has 1 aromatic rings. The molecule has 16 unspecified atom stereocenters. The highest BCUT2D eigenvalue weighted by molar-refractivity contribution is 5.89. The number of rotatable bonds is 71. The van der Waals surface area contributed by atoms with E-state index in [-0.39, 0.29) is 199 Å². The van der Waals surface area contributed by atoms with Crippen molar-refractivity contribution >= 4 is 125 Å². The molecule has 0 bridgehead atoms. The lowest BCUT2D eigenvalue weighted by atomic mass is 9.96. The van der Waals surface area contributed by atoms with E-state index < -0.39 is 279 Å². The summed E-state index contributed by atoms with van der Waals surface area (Å²) in [6.07, 6.45) is -15.7. The SMILES string of the molecule is CC(=O)NC1C(OCCCCC(=O)NCCCCC(=O)NCCN(CCNC(=O)CCCCNC(=O)CCCCOC2OC(COC(C)=O)C(OC(C)=O)C(OC(C)=O)C2NC(C)=O)C(=O)CC[C@H](NC(=O)CCCCNC(=O)CCCCOC2OC(COC(C)=O)C(OC(C)=O)C(OC(C)=O)C2NC(C)=O)C(=O)NCCOCCOCCOC(C(=O)O)c2c(F)c(F)cc(F)c2F)OC(COC(C)=O)C(OC(C)=O)C1OC(C)=O. The molecule has 4 rings (SSSR count). The van der Waals surface area contributed by atoms with Crippen molar-refractivity contribution < 1.29 is 209 Å². The minimum atomic E-state index is -2.46. The highest BCUT2D eigenvalue weighted by Gasteiger charge is 2.55. The summed E-state index contributed by atoms with van der Waals surface area (Å²) < 4.78 is 157. The van der Waals surface area contributed by atoms with Gasteiger partial charge in [-0.05, 0) is 83.5 Å². The molecule has 3 saturated heterocycles. The summed E-state index contributed by atoms with van der Waals surface area (Å²) in [7, 11) is 0. The number of nitrogens with zero attached hydrogens (tertiary/aromatic N) is 1. The summed E-state index contributed by atoms with van der Waals surface area (Å²) in [5.74, 6) is -22.2. The van der Waals surface area contributed by atoms with Crippen molar-refractivity contribution in [2.75, 3.05) is 125 Å². The smallest absolute Gasteiger partial charge is 0.337 e. The van der Waals surface area contributed by atoms with Crippen LogP contribution in [0.4, 0.5) is 17.6 Å². The first-order chi connectivity index (χ1) is 71.2. The summed E-state index contributed by atoms with van der Waals surface area (Å²) in [6, 6.07) is -5.13. The minimum Gasteiger partial charge on any atom is -0.479 e. The van der Waals surface area contributed by atoms with E-state index in [0.717, 1.165) is 62.3 Å². The maximum absolute atomic E-state index is 14.5. The van der Waals surface area contributed by atoms with Gasteiger partial charge in [-0.15, -0.1) is 0 Å². The number of carbonyl (C=O) groups excluding carboxylic acids is 20. The van der Waals surface area contributed by atoms with Gasteiger partial charge in [0.2, 0.25) is 65.0 Å². The molecule has 55 heteroatoms. The average molecular weight is 2160 g/mol. The molecule has 3 aliphatic rings. The number of hydrogen-bond acceptors (Lipinski definition) is 39. The van der Waals surface area contributed by atoms with Crippen LogP contribution in [0.2, 0.25) is 0 Å². The number of hydrogen-bond donors (Lipinski definition) is 11. The fourth-order valence-corrected chi connectivity index (χ4v) is 15.4. The van der Waals surface area contributed by atoms with Gasteiger partial charge >= 0.3 is 59.7 Å². The summed E-state index contributed by atoms with van der Waals surface area (Å²) >= 11 is 0. The van der Waals surface area contributed by atoms with Crippen molar-refractivity contribution in [2.45, 2.75) is 316 Å². The minimum absolute atomic E-state index is 0.00755. The topological polar surface area (TPSA) is 668 Å². The number of halogens is 4. The lowest BCUT2D eigenvalue weighted by Crippen LogP contribution is -2.66. The van der Waals surface area contributed by atoms with Crippen LogP contribution in [0, 0.1) is 23.3 Å². The number of carbonyl (C=O) groups is 21. The first-order valence-corrected chi connectivity index (χ1v) is 49.2. The van der Waals surface area contributed by atoms with Gasteiger partial charge in [0, 0.05) is 206 Å². The second-order valence-electron chi connectivity index (χ2n) is 34.8. The van der Waals surface area contributed by atoms with Gasteiger partial charge in [0.1, 0.15) is 62.3 Å². The van der Waals surface area contributed by atoms with Crippen molar-refractivity contribution in [3.05, 3.63) is 34.9 Å². The Morgan fingerprint density at radius 3 is 0.953 bits per heavy atom. The van der Waals surface area contributed by atoms with E-state index in [2.05, 4.69) is 53.2 Å². The van der Waals surface area contributed by atoms with Crippen molar-refractivity contribution in [2.24, 2.45) is 0 Å². The Labute approximate surface area is 863 Å². The molecule has 3 fully saturated rings. The third-order valence-electron chi connectivity index (χ3n) is 22.0. The number of ether oxygens (including phenoxy) is 18. The molecule has 0 saturated carbocycles. The molecule has 11 amide bonds. The van der Waals surface area contributed by atoms with E-state index in [4.69, 9.17) is 85.3 Å². The third-order valence-corrected chi connectivity index (χ3v) is 22.0. The number of nitrogens with one attached hydrogen (secondary N) is 10. The summed E-state index contributed by atoms with van der Waals surface area (Å²) in [6.45, 7) is 10.1. The van der Waals surface area contributed by atoms with Gasteiger partial charge in [0.15, 0.2) is 84.9 Å². The predicted molar refractivity (Wildman–Crippen MR) is 503 cm³/mol. The van der Waals surface area contributed by atoms with Gasteiger partial charge in [-0.1, -0.05) is 0 Å². The Balaban J connectivity index is 1.42. The first kappa shape index (κ1) is 130. The Morgan fingerprint density at radius 2 is 0.640 bits per heavy atom. The van der Waals surface area contributed by atoms with Crippen LogP contribution in [0.25, 0.3) is 0 Å². The molecule has 150 heavy (non-hydrogen) atoms. The monoisotopic (exact) mass is 2150 g/mol. The zero-order valence-corrected chi connectivity index (χ0v) is 86.3. The van der Waals surface area contributed by atoms with Crippen LogP contribution >= 0.6 is 0 Å². The van der Waals surface area contributed by atoms with E-state index in [0.29, 0.717) is 38.5 Å². The van der Waals surface area contributed by atoms with Gasteiger partial charge in [-0.3, -0.25) is 95.9 Å². The van der Waals surface area contributed by atoms with E-state index in [1.165, 1.54) is 25.7 Å². The van der Waals surface area contributed by atoms with E-state index in [9.17, 15) is 123 Å². The molecule has 1 aromatic carbocycles. The van der Waals surface area contributed by atoms with Gasteiger partial charge in [0.25, 0.3) is 0 Å². The van der Waals surface area contributed by atoms with Crippen LogP contribution in [0.1, 0.15) is 223 Å². The number of aliphatic carboxylic acids is 1. The third kappa shape index (κ3) is 52.3. The largest absolute Gasteiger partial charge is 0.479 e. The molecule has 11 N–H and O–H groups in total. The molecule has 0 spiro atoms. The highest BCUT2D eigenvalue weighted by atomic mass is 19.2. The summed E-state index contributed by atoms with van der Waals surface area (Å²) in [4.78, 5) is 267. The molecule has 17 atom stereocenters. The fourth-order valence-electron chi connectivity index (χ4n) is 15.4. The van der Waals surface area contributed by atoms with Crippen LogP contribution < -0.4 is 53.2 Å². The normalized spacial score (nSPS) is 20.5. The Hall–Kier alpha value is -12.6. The van der Waals surface area contributed by atoms with Crippen molar-refractivity contribution in [3.8, 4) is 0 Å². The van der Waals surface area contributed by atoms with Crippen LogP contribution in [0.5, 0.6) is 0 Å². The van der Waals surface area contributed by atoms with Crippen LogP contribution in [-0.4, -0.2) is 358 Å². The number of benzene rings is 1. The number of carboxylic acids is 1. The van der Waals surface area contributed by atoms with E-state index in [1.54, 1.807) is 0 Å². The summed E-state index contributed by atoms with van der Waals surface area (Å²) in [5, 5.41) is 36.5. The Bertz CT molecular complexity index is 4440. The Kier molecular flexibility index (Phi) is 61.6. The molecule has 0 radical (unpaired) electrons. The zero-order chi connectivity index (χ0) is 111.